The Kier molecular flexibility index (Phi) is 26.4. The lowest BCUT2D eigenvalue weighted by atomic mass is 9.91. The Morgan fingerprint density at radius 1 is 0.700 bits per heavy atom. The number of hydrogen-bond acceptors (Lipinski definition) is 2. The second-order valence-electron chi connectivity index (χ2n) is 6.22. The van der Waals surface area contributed by atoms with Crippen LogP contribution in [0, 0.1) is 5.41 Å². The van der Waals surface area contributed by atoms with Gasteiger partial charge in [0.25, 0.3) is 0 Å². The van der Waals surface area contributed by atoms with Crippen LogP contribution >= 0.6 is 0 Å². The smallest absolute Gasteiger partial charge is 0.00767 e. The Hall–Kier alpha value is -0.0800. The normalized spacial score (nSPS) is 10.2. The van der Waals surface area contributed by atoms with Crippen molar-refractivity contribution in [2.75, 3.05) is 26.2 Å². The van der Waals surface area contributed by atoms with Gasteiger partial charge in [0.1, 0.15) is 0 Å². The zero-order valence-corrected chi connectivity index (χ0v) is 15.9. The minimum absolute atomic E-state index is 0.487. The summed E-state index contributed by atoms with van der Waals surface area (Å²) in [6, 6.07) is 0. The van der Waals surface area contributed by atoms with E-state index in [9.17, 15) is 0 Å². The lowest BCUT2D eigenvalue weighted by molar-refractivity contribution is 0.361. The first-order valence-corrected chi connectivity index (χ1v) is 8.89. The summed E-state index contributed by atoms with van der Waals surface area (Å²) in [7, 11) is 0. The van der Waals surface area contributed by atoms with Gasteiger partial charge < -0.3 is 10.6 Å². The van der Waals surface area contributed by atoms with Crippen molar-refractivity contribution in [1.29, 1.82) is 0 Å². The maximum Gasteiger partial charge on any atom is 0.00767 e. The number of rotatable bonds is 9. The molecule has 2 nitrogen and oxygen atoms in total. The average molecular weight is 289 g/mol. The van der Waals surface area contributed by atoms with Crippen molar-refractivity contribution in [2.45, 2.75) is 87.5 Å². The molecule has 0 heterocycles. The molecule has 0 aliphatic carbocycles. The van der Waals surface area contributed by atoms with E-state index in [0.29, 0.717) is 5.41 Å². The first kappa shape index (κ1) is 24.9. The molecule has 2 heteroatoms. The molecule has 126 valence electrons. The molecule has 0 spiro atoms. The third-order valence-electron chi connectivity index (χ3n) is 2.47. The fraction of sp³-hybridized carbons (Fsp3) is 1.00. The van der Waals surface area contributed by atoms with E-state index in [1.807, 2.05) is 13.8 Å². The molecule has 0 saturated heterocycles. The topological polar surface area (TPSA) is 24.1 Å². The molecule has 0 aliphatic rings. The highest BCUT2D eigenvalue weighted by atomic mass is 14.9. The second kappa shape index (κ2) is 21.2. The lowest BCUT2D eigenvalue weighted by Gasteiger charge is -2.17. The minimum atomic E-state index is 0.487. The third kappa shape index (κ3) is 36.1. The summed E-state index contributed by atoms with van der Waals surface area (Å²) in [6.07, 6.45) is 6.43. The Balaban J connectivity index is -0.000000505. The van der Waals surface area contributed by atoms with E-state index in [4.69, 9.17) is 0 Å². The molecule has 20 heavy (non-hydrogen) atoms. The van der Waals surface area contributed by atoms with Crippen LogP contribution in [0.5, 0.6) is 0 Å². The summed E-state index contributed by atoms with van der Waals surface area (Å²) in [5.41, 5.74) is 0.487. The zero-order chi connectivity index (χ0) is 16.3. The van der Waals surface area contributed by atoms with Gasteiger partial charge in [-0.1, -0.05) is 68.2 Å². The van der Waals surface area contributed by atoms with Crippen molar-refractivity contribution in [2.24, 2.45) is 5.41 Å². The SMILES string of the molecule is CC.CCC.CCCCNCCNCCCC(C)(C)C. The van der Waals surface area contributed by atoms with E-state index in [1.165, 1.54) is 38.6 Å². The molecule has 0 atom stereocenters. The molecule has 0 amide bonds. The highest BCUT2D eigenvalue weighted by molar-refractivity contribution is 4.62. The van der Waals surface area contributed by atoms with Crippen molar-refractivity contribution in [3.05, 3.63) is 0 Å². The fourth-order valence-corrected chi connectivity index (χ4v) is 1.47. The molecular formula is C18H44N2. The van der Waals surface area contributed by atoms with Gasteiger partial charge in [-0.2, -0.15) is 0 Å². The van der Waals surface area contributed by atoms with Crippen LogP contribution in [0.4, 0.5) is 0 Å². The highest BCUT2D eigenvalue weighted by Crippen LogP contribution is 2.19. The molecule has 2 N–H and O–H groups in total. The monoisotopic (exact) mass is 288 g/mol. The largest absolute Gasteiger partial charge is 0.315 e. The summed E-state index contributed by atoms with van der Waals surface area (Å²) in [5.74, 6) is 0. The fourth-order valence-electron chi connectivity index (χ4n) is 1.47. The number of hydrogen-bond donors (Lipinski definition) is 2. The molecule has 0 radical (unpaired) electrons. The molecule has 0 aliphatic heterocycles. The van der Waals surface area contributed by atoms with E-state index < -0.39 is 0 Å². The van der Waals surface area contributed by atoms with Gasteiger partial charge in [-0.05, 0) is 37.8 Å². The maximum atomic E-state index is 3.47. The first-order valence-electron chi connectivity index (χ1n) is 8.89. The van der Waals surface area contributed by atoms with Crippen LogP contribution in [0.1, 0.15) is 87.5 Å². The Labute approximate surface area is 130 Å². The third-order valence-corrected chi connectivity index (χ3v) is 2.47. The Morgan fingerprint density at radius 2 is 1.10 bits per heavy atom. The predicted octanol–water partition coefficient (Wildman–Crippen LogP) is 5.23. The molecule has 0 rings (SSSR count). The van der Waals surface area contributed by atoms with E-state index in [2.05, 4.69) is 52.2 Å². The second-order valence-corrected chi connectivity index (χ2v) is 6.22. The quantitative estimate of drug-likeness (QED) is 0.567. The van der Waals surface area contributed by atoms with Crippen LogP contribution in [0.15, 0.2) is 0 Å². The summed E-state index contributed by atoms with van der Waals surface area (Å²) >= 11 is 0. The summed E-state index contributed by atoms with van der Waals surface area (Å²) in [6.45, 7) is 21.9. The van der Waals surface area contributed by atoms with E-state index in [-0.39, 0.29) is 0 Å². The summed E-state index contributed by atoms with van der Waals surface area (Å²) < 4.78 is 0. The maximum absolute atomic E-state index is 3.47. The van der Waals surface area contributed by atoms with Gasteiger partial charge in [0.15, 0.2) is 0 Å². The van der Waals surface area contributed by atoms with E-state index in [0.717, 1.165) is 19.6 Å². The van der Waals surface area contributed by atoms with Gasteiger partial charge in [-0.15, -0.1) is 0 Å². The van der Waals surface area contributed by atoms with Crippen molar-refractivity contribution in [3.8, 4) is 0 Å². The van der Waals surface area contributed by atoms with Crippen LogP contribution in [-0.2, 0) is 0 Å². The van der Waals surface area contributed by atoms with Gasteiger partial charge in [-0.25, -0.2) is 0 Å². The molecule has 0 aromatic carbocycles. The van der Waals surface area contributed by atoms with Crippen molar-refractivity contribution >= 4 is 0 Å². The molecule has 0 saturated carbocycles. The highest BCUT2D eigenvalue weighted by Gasteiger charge is 2.08. The summed E-state index contributed by atoms with van der Waals surface area (Å²) in [5, 5.41) is 6.90. The van der Waals surface area contributed by atoms with Gasteiger partial charge >= 0.3 is 0 Å². The molecule has 0 fully saturated rings. The number of unbranched alkanes of at least 4 members (excludes halogenated alkanes) is 1. The summed E-state index contributed by atoms with van der Waals surface area (Å²) in [4.78, 5) is 0. The minimum Gasteiger partial charge on any atom is -0.315 e. The lowest BCUT2D eigenvalue weighted by Crippen LogP contribution is -2.28. The van der Waals surface area contributed by atoms with E-state index >= 15 is 0 Å². The Morgan fingerprint density at radius 3 is 1.45 bits per heavy atom. The van der Waals surface area contributed by atoms with Crippen LogP contribution in [-0.4, -0.2) is 26.2 Å². The van der Waals surface area contributed by atoms with Gasteiger partial charge in [-0.3, -0.25) is 0 Å². The van der Waals surface area contributed by atoms with E-state index in [1.54, 1.807) is 0 Å². The van der Waals surface area contributed by atoms with Crippen molar-refractivity contribution < 1.29 is 0 Å². The molecule has 0 aromatic heterocycles. The Bertz CT molecular complexity index is 139. The predicted molar refractivity (Wildman–Crippen MR) is 96.6 cm³/mol. The van der Waals surface area contributed by atoms with Crippen LogP contribution in [0.3, 0.4) is 0 Å². The van der Waals surface area contributed by atoms with Crippen molar-refractivity contribution in [3.63, 3.8) is 0 Å². The van der Waals surface area contributed by atoms with Crippen LogP contribution in [0.2, 0.25) is 0 Å². The molecule has 0 bridgehead atoms. The van der Waals surface area contributed by atoms with Crippen LogP contribution in [0.25, 0.3) is 0 Å². The van der Waals surface area contributed by atoms with Crippen LogP contribution < -0.4 is 10.6 Å². The van der Waals surface area contributed by atoms with Gasteiger partial charge in [0.2, 0.25) is 0 Å². The van der Waals surface area contributed by atoms with Crippen molar-refractivity contribution in [1.82, 2.24) is 10.6 Å². The first-order chi connectivity index (χ1) is 9.47. The average Bonchev–Trinajstić information content (AvgIpc) is 2.39. The van der Waals surface area contributed by atoms with Gasteiger partial charge in [0, 0.05) is 13.1 Å². The molecule has 0 aromatic rings. The van der Waals surface area contributed by atoms with Gasteiger partial charge in [0.05, 0.1) is 0 Å². The molecule has 0 unspecified atom stereocenters. The zero-order valence-electron chi connectivity index (χ0n) is 15.9. The molecular weight excluding hydrogens is 244 g/mol. The standard InChI is InChI=1S/C13H30N2.C3H8.C2H6/c1-5-6-9-14-11-12-15-10-7-8-13(2,3)4;1-3-2;1-2/h14-15H,5-12H2,1-4H3;3H2,1-2H3;1-2H3. The number of nitrogens with one attached hydrogen (secondary N) is 2.